The molecule has 2 nitrogen and oxygen atoms in total. The zero-order chi connectivity index (χ0) is 11.5. The van der Waals surface area contributed by atoms with Gasteiger partial charge in [-0.3, -0.25) is 10.5 Å². The van der Waals surface area contributed by atoms with Crippen molar-refractivity contribution in [1.29, 1.82) is 0 Å². The molecule has 1 amide bonds. The predicted octanol–water partition coefficient (Wildman–Crippen LogP) is 3.96. The third-order valence-electron chi connectivity index (χ3n) is 2.94. The van der Waals surface area contributed by atoms with E-state index in [-0.39, 0.29) is 5.92 Å². The van der Waals surface area contributed by atoms with Crippen molar-refractivity contribution in [3.05, 3.63) is 0 Å². The molecule has 15 heavy (non-hydrogen) atoms. The molecule has 0 aliphatic carbocycles. The minimum Gasteiger partial charge on any atom is -0.273 e. The van der Waals surface area contributed by atoms with Gasteiger partial charge in [0.05, 0.1) is 0 Å². The van der Waals surface area contributed by atoms with Crippen molar-refractivity contribution in [3.63, 3.8) is 0 Å². The molecule has 0 saturated heterocycles. The molecule has 0 saturated carbocycles. The minimum absolute atomic E-state index is 0.0508. The Kier molecular flexibility index (Phi) is 9.65. The van der Waals surface area contributed by atoms with Gasteiger partial charge in [0.2, 0.25) is 5.91 Å². The lowest BCUT2D eigenvalue weighted by molar-refractivity contribution is -0.122. The van der Waals surface area contributed by atoms with Gasteiger partial charge in [-0.2, -0.15) is 0 Å². The van der Waals surface area contributed by atoms with Crippen molar-refractivity contribution >= 4 is 5.91 Å². The van der Waals surface area contributed by atoms with Crippen molar-refractivity contribution in [2.24, 2.45) is 5.92 Å². The van der Waals surface area contributed by atoms with Crippen molar-refractivity contribution in [2.75, 3.05) is 0 Å². The molecule has 1 N–H and O–H groups in total. The van der Waals surface area contributed by atoms with Gasteiger partial charge < -0.3 is 0 Å². The number of hydrogen-bond acceptors (Lipinski definition) is 1. The standard InChI is InChI=1S/C13H26NO/c1-3-4-5-6-7-8-9-10-11-12(2)13(14)15/h12,14H,3-11H2,1-2H3. The number of amides is 1. The number of rotatable bonds is 10. The van der Waals surface area contributed by atoms with E-state index < -0.39 is 5.91 Å². The van der Waals surface area contributed by atoms with Crippen LogP contribution in [0.4, 0.5) is 0 Å². The number of nitrogens with one attached hydrogen (secondary N) is 1. The molecule has 0 aliphatic heterocycles. The van der Waals surface area contributed by atoms with Crippen molar-refractivity contribution in [3.8, 4) is 0 Å². The summed E-state index contributed by atoms with van der Waals surface area (Å²) in [6.07, 6.45) is 11.3. The Morgan fingerprint density at radius 2 is 1.47 bits per heavy atom. The second kappa shape index (κ2) is 10.0. The molecule has 0 rings (SSSR count). The summed E-state index contributed by atoms with van der Waals surface area (Å²) in [6, 6.07) is 0. The van der Waals surface area contributed by atoms with E-state index in [9.17, 15) is 4.79 Å². The van der Waals surface area contributed by atoms with Crippen LogP contribution in [-0.4, -0.2) is 5.91 Å². The van der Waals surface area contributed by atoms with Gasteiger partial charge in [0.15, 0.2) is 0 Å². The van der Waals surface area contributed by atoms with Crippen molar-refractivity contribution in [1.82, 2.24) is 5.73 Å². The highest BCUT2D eigenvalue weighted by Gasteiger charge is 2.07. The summed E-state index contributed by atoms with van der Waals surface area (Å²) in [5.41, 5.74) is 6.94. The van der Waals surface area contributed by atoms with Gasteiger partial charge in [-0.25, -0.2) is 0 Å². The summed E-state index contributed by atoms with van der Waals surface area (Å²) >= 11 is 0. The Bertz CT molecular complexity index is 157. The van der Waals surface area contributed by atoms with Gasteiger partial charge >= 0.3 is 0 Å². The molecule has 0 heterocycles. The lowest BCUT2D eigenvalue weighted by atomic mass is 10.0. The molecular formula is C13H26NO. The molecule has 0 fully saturated rings. The maximum absolute atomic E-state index is 10.6. The van der Waals surface area contributed by atoms with E-state index in [4.69, 9.17) is 5.73 Å². The van der Waals surface area contributed by atoms with Crippen LogP contribution in [0.25, 0.3) is 0 Å². The highest BCUT2D eigenvalue weighted by molar-refractivity contribution is 5.75. The molecule has 0 aliphatic rings. The van der Waals surface area contributed by atoms with Gasteiger partial charge in [0.1, 0.15) is 0 Å². The minimum atomic E-state index is -0.405. The topological polar surface area (TPSA) is 40.9 Å². The molecule has 0 spiro atoms. The molecule has 2 heteroatoms. The lowest BCUT2D eigenvalue weighted by Crippen LogP contribution is -2.10. The summed E-state index contributed by atoms with van der Waals surface area (Å²) in [7, 11) is 0. The highest BCUT2D eigenvalue weighted by Crippen LogP contribution is 2.12. The van der Waals surface area contributed by atoms with Gasteiger partial charge in [0.25, 0.3) is 0 Å². The van der Waals surface area contributed by atoms with E-state index in [1.54, 1.807) is 0 Å². The van der Waals surface area contributed by atoms with Crippen LogP contribution in [0, 0.1) is 5.92 Å². The summed E-state index contributed by atoms with van der Waals surface area (Å²) in [5.74, 6) is -0.456. The largest absolute Gasteiger partial charge is 0.273 e. The number of carbonyl (C=O) groups excluding carboxylic acids is 1. The third-order valence-corrected chi connectivity index (χ3v) is 2.94. The van der Waals surface area contributed by atoms with E-state index in [2.05, 4.69) is 6.92 Å². The smallest absolute Gasteiger partial charge is 0.241 e. The van der Waals surface area contributed by atoms with Crippen LogP contribution in [0.5, 0.6) is 0 Å². The van der Waals surface area contributed by atoms with Gasteiger partial charge in [-0.05, 0) is 6.42 Å². The predicted molar refractivity (Wildman–Crippen MR) is 64.5 cm³/mol. The second-order valence-corrected chi connectivity index (χ2v) is 4.53. The fourth-order valence-corrected chi connectivity index (χ4v) is 1.72. The van der Waals surface area contributed by atoms with Crippen molar-refractivity contribution < 1.29 is 4.79 Å². The quantitative estimate of drug-likeness (QED) is 0.505. The third kappa shape index (κ3) is 9.77. The average molecular weight is 212 g/mol. The maximum atomic E-state index is 10.6. The molecule has 1 atom stereocenters. The number of unbranched alkanes of at least 4 members (excludes halogenated alkanes) is 7. The Morgan fingerprint density at radius 3 is 1.93 bits per heavy atom. The van der Waals surface area contributed by atoms with Crippen LogP contribution in [-0.2, 0) is 4.79 Å². The van der Waals surface area contributed by atoms with Gasteiger partial charge in [0, 0.05) is 5.92 Å². The van der Waals surface area contributed by atoms with Crippen LogP contribution in [0.15, 0.2) is 0 Å². The number of carbonyl (C=O) groups is 1. The van der Waals surface area contributed by atoms with Crippen molar-refractivity contribution in [2.45, 2.75) is 71.6 Å². The van der Waals surface area contributed by atoms with E-state index in [0.29, 0.717) is 0 Å². The van der Waals surface area contributed by atoms with E-state index in [1.165, 1.54) is 44.9 Å². The SMILES string of the molecule is CCCCCCCCCCC(C)C([NH])=O. The van der Waals surface area contributed by atoms with Crippen LogP contribution >= 0.6 is 0 Å². The Labute approximate surface area is 94.6 Å². The average Bonchev–Trinajstić information content (AvgIpc) is 2.21. The molecule has 1 unspecified atom stereocenters. The maximum Gasteiger partial charge on any atom is 0.241 e. The normalized spacial score (nSPS) is 12.7. The van der Waals surface area contributed by atoms with Crippen LogP contribution in [0.2, 0.25) is 0 Å². The zero-order valence-electron chi connectivity index (χ0n) is 10.3. The summed E-state index contributed by atoms with van der Waals surface area (Å²) in [6.45, 7) is 4.09. The molecule has 1 radical (unpaired) electrons. The molecule has 0 aromatic carbocycles. The molecule has 0 aromatic rings. The zero-order valence-corrected chi connectivity index (χ0v) is 10.3. The Morgan fingerprint density at radius 1 is 1.00 bits per heavy atom. The highest BCUT2D eigenvalue weighted by atomic mass is 16.1. The molecule has 0 aromatic heterocycles. The first-order chi connectivity index (χ1) is 7.18. The lowest BCUT2D eigenvalue weighted by Gasteiger charge is -2.05. The van der Waals surface area contributed by atoms with Crippen LogP contribution in [0.3, 0.4) is 0 Å². The first-order valence-electron chi connectivity index (χ1n) is 6.44. The first-order valence-corrected chi connectivity index (χ1v) is 6.44. The van der Waals surface area contributed by atoms with Crippen LogP contribution < -0.4 is 5.73 Å². The number of hydrogen-bond donors (Lipinski definition) is 0. The second-order valence-electron chi connectivity index (χ2n) is 4.53. The van der Waals surface area contributed by atoms with Crippen LogP contribution in [0.1, 0.15) is 71.6 Å². The summed E-state index contributed by atoms with van der Waals surface area (Å²) in [5, 5.41) is 0. The van der Waals surface area contributed by atoms with E-state index in [0.717, 1.165) is 12.8 Å². The summed E-state index contributed by atoms with van der Waals surface area (Å²) < 4.78 is 0. The Hall–Kier alpha value is -0.530. The fraction of sp³-hybridized carbons (Fsp3) is 0.923. The molecule has 0 bridgehead atoms. The first kappa shape index (κ1) is 14.5. The van der Waals surface area contributed by atoms with E-state index in [1.807, 2.05) is 6.92 Å². The van der Waals surface area contributed by atoms with Gasteiger partial charge in [-0.1, -0.05) is 65.2 Å². The van der Waals surface area contributed by atoms with E-state index >= 15 is 0 Å². The fourth-order valence-electron chi connectivity index (χ4n) is 1.72. The van der Waals surface area contributed by atoms with Gasteiger partial charge in [-0.15, -0.1) is 0 Å². The summed E-state index contributed by atoms with van der Waals surface area (Å²) in [4.78, 5) is 10.6. The Balaban J connectivity index is 3.08. The molecule has 89 valence electrons. The molecular weight excluding hydrogens is 186 g/mol. The monoisotopic (exact) mass is 212 g/mol.